The van der Waals surface area contributed by atoms with E-state index < -0.39 is 0 Å². The lowest BCUT2D eigenvalue weighted by Gasteiger charge is -2.13. The molecule has 0 radical (unpaired) electrons. The molecule has 0 atom stereocenters. The number of hydrogen-bond donors (Lipinski definition) is 1. The number of benzene rings is 1. The first-order valence-corrected chi connectivity index (χ1v) is 7.20. The van der Waals surface area contributed by atoms with Crippen LogP contribution in [0.3, 0.4) is 0 Å². The molecule has 0 spiro atoms. The van der Waals surface area contributed by atoms with E-state index in [1.807, 2.05) is 6.07 Å². The Labute approximate surface area is 114 Å². The number of anilines is 2. The van der Waals surface area contributed by atoms with E-state index in [1.54, 1.807) is 0 Å². The van der Waals surface area contributed by atoms with Crippen LogP contribution < -0.4 is 5.32 Å². The van der Waals surface area contributed by atoms with Gasteiger partial charge in [-0.2, -0.15) is 0 Å². The second kappa shape index (κ2) is 5.43. The van der Waals surface area contributed by atoms with Gasteiger partial charge < -0.3 is 5.32 Å². The molecule has 19 heavy (non-hydrogen) atoms. The fourth-order valence-electron chi connectivity index (χ4n) is 2.75. The van der Waals surface area contributed by atoms with Crippen LogP contribution in [-0.2, 0) is 19.3 Å². The van der Waals surface area contributed by atoms with Crippen LogP contribution >= 0.6 is 0 Å². The molecule has 0 aliphatic heterocycles. The van der Waals surface area contributed by atoms with Gasteiger partial charge in [0.15, 0.2) is 0 Å². The van der Waals surface area contributed by atoms with Gasteiger partial charge in [0.1, 0.15) is 5.82 Å². The second-order valence-corrected chi connectivity index (χ2v) is 5.20. The number of rotatable bonds is 4. The Morgan fingerprint density at radius 2 is 2.00 bits per heavy atom. The Morgan fingerprint density at radius 1 is 1.16 bits per heavy atom. The Morgan fingerprint density at radius 3 is 2.79 bits per heavy atom. The lowest BCUT2D eigenvalue weighted by atomic mass is 10.1. The summed E-state index contributed by atoms with van der Waals surface area (Å²) in [7, 11) is 0. The van der Waals surface area contributed by atoms with Crippen molar-refractivity contribution in [2.45, 2.75) is 39.0 Å². The van der Waals surface area contributed by atoms with Gasteiger partial charge in [-0.1, -0.05) is 37.6 Å². The third-order valence-electron chi connectivity index (χ3n) is 3.69. The highest BCUT2D eigenvalue weighted by atomic mass is 15.0. The van der Waals surface area contributed by atoms with Crippen LogP contribution in [0.15, 0.2) is 36.4 Å². The zero-order valence-electron chi connectivity index (χ0n) is 11.4. The number of aromatic nitrogens is 1. The van der Waals surface area contributed by atoms with Crippen LogP contribution in [0.4, 0.5) is 11.5 Å². The third-order valence-corrected chi connectivity index (χ3v) is 3.69. The monoisotopic (exact) mass is 252 g/mol. The van der Waals surface area contributed by atoms with E-state index in [1.165, 1.54) is 29.7 Å². The molecule has 0 bridgehead atoms. The van der Waals surface area contributed by atoms with E-state index in [0.29, 0.717) is 0 Å². The number of aryl methyl sites for hydroxylation is 3. The van der Waals surface area contributed by atoms with Crippen molar-refractivity contribution in [2.24, 2.45) is 0 Å². The van der Waals surface area contributed by atoms with Crippen molar-refractivity contribution < 1.29 is 0 Å². The smallest absolute Gasteiger partial charge is 0.133 e. The summed E-state index contributed by atoms with van der Waals surface area (Å²) in [6, 6.07) is 12.7. The average Bonchev–Trinajstić information content (AvgIpc) is 2.88. The van der Waals surface area contributed by atoms with E-state index in [0.717, 1.165) is 30.8 Å². The summed E-state index contributed by atoms with van der Waals surface area (Å²) < 4.78 is 0. The number of para-hydroxylation sites is 1. The molecule has 2 heteroatoms. The number of pyridine rings is 1. The molecule has 1 N–H and O–H groups in total. The maximum Gasteiger partial charge on any atom is 0.133 e. The van der Waals surface area contributed by atoms with E-state index in [-0.39, 0.29) is 0 Å². The largest absolute Gasteiger partial charge is 0.340 e. The van der Waals surface area contributed by atoms with Gasteiger partial charge >= 0.3 is 0 Å². The van der Waals surface area contributed by atoms with Crippen molar-refractivity contribution in [1.82, 2.24) is 4.98 Å². The predicted octanol–water partition coefficient (Wildman–Crippen LogP) is 4.27. The van der Waals surface area contributed by atoms with Crippen LogP contribution in [0, 0.1) is 0 Å². The molecule has 1 aliphatic carbocycles. The van der Waals surface area contributed by atoms with Gasteiger partial charge in [0.2, 0.25) is 0 Å². The van der Waals surface area contributed by atoms with Crippen molar-refractivity contribution in [1.29, 1.82) is 0 Å². The Balaban J connectivity index is 1.94. The first kappa shape index (κ1) is 12.2. The minimum absolute atomic E-state index is 1.05. The highest BCUT2D eigenvalue weighted by molar-refractivity contribution is 5.60. The van der Waals surface area contributed by atoms with Crippen molar-refractivity contribution in [2.75, 3.05) is 5.32 Å². The standard InChI is InChI=1S/C17H20N2/c1-2-7-14-12-13-8-6-11-16(13)19-17(14)18-15-9-4-3-5-10-15/h3-5,9-10,12H,2,6-8,11H2,1H3,(H,18,19). The molecule has 3 rings (SSSR count). The number of nitrogens with zero attached hydrogens (tertiary/aromatic N) is 1. The summed E-state index contributed by atoms with van der Waals surface area (Å²) in [5.74, 6) is 1.05. The molecule has 2 nitrogen and oxygen atoms in total. The maximum atomic E-state index is 4.86. The molecular weight excluding hydrogens is 232 g/mol. The molecule has 1 aromatic carbocycles. The zero-order chi connectivity index (χ0) is 13.1. The minimum Gasteiger partial charge on any atom is -0.340 e. The maximum absolute atomic E-state index is 4.86. The zero-order valence-corrected chi connectivity index (χ0v) is 11.4. The molecule has 1 aliphatic rings. The van der Waals surface area contributed by atoms with Crippen molar-refractivity contribution in [3.8, 4) is 0 Å². The number of nitrogens with one attached hydrogen (secondary N) is 1. The molecule has 0 amide bonds. The molecule has 1 aromatic heterocycles. The normalized spacial score (nSPS) is 13.3. The van der Waals surface area contributed by atoms with Crippen molar-refractivity contribution in [3.05, 3.63) is 53.2 Å². The van der Waals surface area contributed by atoms with Crippen LogP contribution in [0.5, 0.6) is 0 Å². The minimum atomic E-state index is 1.05. The molecule has 0 unspecified atom stereocenters. The molecule has 1 heterocycles. The molecular formula is C17H20N2. The van der Waals surface area contributed by atoms with Crippen LogP contribution in [-0.4, -0.2) is 4.98 Å². The van der Waals surface area contributed by atoms with Crippen molar-refractivity contribution in [3.63, 3.8) is 0 Å². The van der Waals surface area contributed by atoms with E-state index in [2.05, 4.69) is 42.6 Å². The second-order valence-electron chi connectivity index (χ2n) is 5.20. The van der Waals surface area contributed by atoms with Gasteiger partial charge in [0.25, 0.3) is 0 Å². The highest BCUT2D eigenvalue weighted by Gasteiger charge is 2.16. The van der Waals surface area contributed by atoms with Crippen LogP contribution in [0.25, 0.3) is 0 Å². The van der Waals surface area contributed by atoms with Gasteiger partial charge in [0.05, 0.1) is 0 Å². The fourth-order valence-corrected chi connectivity index (χ4v) is 2.75. The molecule has 2 aromatic rings. The van der Waals surface area contributed by atoms with Gasteiger partial charge in [-0.05, 0) is 48.9 Å². The molecule has 0 fully saturated rings. The quantitative estimate of drug-likeness (QED) is 0.879. The van der Waals surface area contributed by atoms with E-state index in [9.17, 15) is 0 Å². The fraction of sp³-hybridized carbons (Fsp3) is 0.353. The lowest BCUT2D eigenvalue weighted by Crippen LogP contribution is -2.02. The van der Waals surface area contributed by atoms with E-state index in [4.69, 9.17) is 4.98 Å². The number of fused-ring (bicyclic) bond motifs is 1. The highest BCUT2D eigenvalue weighted by Crippen LogP contribution is 2.27. The summed E-state index contributed by atoms with van der Waals surface area (Å²) in [5.41, 5.74) is 5.22. The Hall–Kier alpha value is -1.83. The summed E-state index contributed by atoms with van der Waals surface area (Å²) in [4.78, 5) is 4.86. The third kappa shape index (κ3) is 2.62. The van der Waals surface area contributed by atoms with Gasteiger partial charge in [-0.15, -0.1) is 0 Å². The SMILES string of the molecule is CCCc1cc2c(nc1Nc1ccccc1)CCC2. The summed E-state index contributed by atoms with van der Waals surface area (Å²) in [6.45, 7) is 2.22. The molecule has 0 saturated carbocycles. The van der Waals surface area contributed by atoms with Gasteiger partial charge in [-0.25, -0.2) is 4.98 Å². The predicted molar refractivity (Wildman–Crippen MR) is 80.0 cm³/mol. The average molecular weight is 252 g/mol. The molecule has 98 valence electrons. The first-order valence-electron chi connectivity index (χ1n) is 7.20. The Bertz CT molecular complexity index is 561. The van der Waals surface area contributed by atoms with Gasteiger partial charge in [0, 0.05) is 11.4 Å². The Kier molecular flexibility index (Phi) is 3.49. The van der Waals surface area contributed by atoms with E-state index >= 15 is 0 Å². The summed E-state index contributed by atoms with van der Waals surface area (Å²) in [6.07, 6.45) is 5.83. The van der Waals surface area contributed by atoms with Gasteiger partial charge in [-0.3, -0.25) is 0 Å². The topological polar surface area (TPSA) is 24.9 Å². The lowest BCUT2D eigenvalue weighted by molar-refractivity contribution is 0.899. The van der Waals surface area contributed by atoms with Crippen LogP contribution in [0.1, 0.15) is 36.6 Å². The summed E-state index contributed by atoms with van der Waals surface area (Å²) >= 11 is 0. The van der Waals surface area contributed by atoms with Crippen LogP contribution in [0.2, 0.25) is 0 Å². The summed E-state index contributed by atoms with van der Waals surface area (Å²) in [5, 5.41) is 3.48. The van der Waals surface area contributed by atoms with Crippen molar-refractivity contribution >= 4 is 11.5 Å². The first-order chi connectivity index (χ1) is 9.36. The number of hydrogen-bond acceptors (Lipinski definition) is 2. The molecule has 0 saturated heterocycles.